The number of aliphatic hydroxyl groups excluding tert-OH is 1. The van der Waals surface area contributed by atoms with Gasteiger partial charge in [-0.25, -0.2) is 0 Å². The highest BCUT2D eigenvalue weighted by atomic mass is 35.5. The summed E-state index contributed by atoms with van der Waals surface area (Å²) < 4.78 is 0. The van der Waals surface area contributed by atoms with E-state index >= 15 is 0 Å². The maximum atomic E-state index is 12.5. The van der Waals surface area contributed by atoms with Crippen LogP contribution in [-0.4, -0.2) is 35.1 Å². The fraction of sp³-hybridized carbons (Fsp3) is 0.533. The van der Waals surface area contributed by atoms with Crippen LogP contribution in [-0.2, 0) is 0 Å². The van der Waals surface area contributed by atoms with Crippen LogP contribution in [0.1, 0.15) is 35.7 Å². The molecule has 1 heterocycles. The summed E-state index contributed by atoms with van der Waals surface area (Å²) in [5.41, 5.74) is 1.62. The fourth-order valence-corrected chi connectivity index (χ4v) is 2.92. The van der Waals surface area contributed by atoms with Gasteiger partial charge in [0.15, 0.2) is 0 Å². The first-order valence-corrected chi connectivity index (χ1v) is 7.09. The monoisotopic (exact) mass is 281 g/mol. The molecule has 3 nitrogen and oxygen atoms in total. The van der Waals surface area contributed by atoms with E-state index in [2.05, 4.69) is 0 Å². The number of hydrogen-bond acceptors (Lipinski definition) is 2. The van der Waals surface area contributed by atoms with Gasteiger partial charge in [-0.05, 0) is 50.5 Å². The molecule has 0 bridgehead atoms. The highest BCUT2D eigenvalue weighted by Crippen LogP contribution is 2.23. The first-order chi connectivity index (χ1) is 8.97. The molecule has 1 aromatic rings. The van der Waals surface area contributed by atoms with Gasteiger partial charge in [0.05, 0.1) is 6.10 Å². The largest absolute Gasteiger partial charge is 0.393 e. The Morgan fingerprint density at radius 3 is 2.84 bits per heavy atom. The van der Waals surface area contributed by atoms with Gasteiger partial charge in [-0.3, -0.25) is 4.79 Å². The lowest BCUT2D eigenvalue weighted by Crippen LogP contribution is -2.42. The van der Waals surface area contributed by atoms with E-state index in [4.69, 9.17) is 11.6 Å². The Balaban J connectivity index is 2.14. The van der Waals surface area contributed by atoms with Crippen molar-refractivity contribution in [3.05, 3.63) is 34.3 Å². The predicted molar refractivity (Wildman–Crippen MR) is 76.5 cm³/mol. The van der Waals surface area contributed by atoms with E-state index in [0.717, 1.165) is 24.9 Å². The van der Waals surface area contributed by atoms with Gasteiger partial charge in [0, 0.05) is 29.6 Å². The normalized spacial score (nSPS) is 21.3. The third-order valence-corrected chi connectivity index (χ3v) is 3.93. The molecule has 2 unspecified atom stereocenters. The van der Waals surface area contributed by atoms with Gasteiger partial charge in [0.2, 0.25) is 0 Å². The number of likely N-dealkylation sites (tertiary alicyclic amines) is 1. The minimum atomic E-state index is -0.364. The Hall–Kier alpha value is -1.06. The molecule has 0 aromatic heterocycles. The molecule has 1 aliphatic heterocycles. The molecule has 4 heteroatoms. The van der Waals surface area contributed by atoms with Crippen LogP contribution in [0.15, 0.2) is 18.2 Å². The first kappa shape index (κ1) is 14.4. The lowest BCUT2D eigenvalue weighted by Gasteiger charge is -2.34. The molecule has 19 heavy (non-hydrogen) atoms. The third-order valence-electron chi connectivity index (χ3n) is 3.72. The number of aryl methyl sites for hydroxylation is 1. The number of amides is 1. The van der Waals surface area contributed by atoms with Crippen molar-refractivity contribution in [2.24, 2.45) is 5.92 Å². The van der Waals surface area contributed by atoms with Gasteiger partial charge < -0.3 is 10.0 Å². The zero-order chi connectivity index (χ0) is 14.0. The maximum absolute atomic E-state index is 12.5. The second-order valence-electron chi connectivity index (χ2n) is 5.41. The summed E-state index contributed by atoms with van der Waals surface area (Å²) in [6.07, 6.45) is 1.56. The van der Waals surface area contributed by atoms with Crippen molar-refractivity contribution in [1.82, 2.24) is 4.90 Å². The van der Waals surface area contributed by atoms with E-state index in [-0.39, 0.29) is 17.9 Å². The van der Waals surface area contributed by atoms with Crippen molar-refractivity contribution in [2.45, 2.75) is 32.8 Å². The van der Waals surface area contributed by atoms with E-state index < -0.39 is 0 Å². The summed E-state index contributed by atoms with van der Waals surface area (Å²) in [4.78, 5) is 14.3. The third kappa shape index (κ3) is 3.48. The van der Waals surface area contributed by atoms with Gasteiger partial charge in [-0.2, -0.15) is 0 Å². The number of benzene rings is 1. The standard InChI is InChI=1S/C15H20ClNO2/c1-10-6-13(8-14(16)7-10)15(19)17-5-3-4-12(9-17)11(2)18/h6-8,11-12,18H,3-5,9H2,1-2H3. The SMILES string of the molecule is Cc1cc(Cl)cc(C(=O)N2CCCC(C(C)O)C2)c1. The quantitative estimate of drug-likeness (QED) is 0.905. The lowest BCUT2D eigenvalue weighted by molar-refractivity contribution is 0.0466. The molecule has 0 aliphatic carbocycles. The lowest BCUT2D eigenvalue weighted by atomic mass is 9.93. The fourth-order valence-electron chi connectivity index (χ4n) is 2.63. The van der Waals surface area contributed by atoms with Crippen LogP contribution < -0.4 is 0 Å². The molecule has 2 atom stereocenters. The van der Waals surface area contributed by atoms with Crippen molar-refractivity contribution in [3.63, 3.8) is 0 Å². The molecule has 0 radical (unpaired) electrons. The van der Waals surface area contributed by atoms with Crippen LogP contribution in [0.2, 0.25) is 5.02 Å². The summed E-state index contributed by atoms with van der Waals surface area (Å²) in [6, 6.07) is 5.41. The highest BCUT2D eigenvalue weighted by Gasteiger charge is 2.27. The number of carbonyl (C=O) groups is 1. The molecule has 1 aromatic carbocycles. The van der Waals surface area contributed by atoms with Crippen LogP contribution >= 0.6 is 11.6 Å². The molecule has 2 rings (SSSR count). The van der Waals surface area contributed by atoms with Gasteiger partial charge in [0.25, 0.3) is 5.91 Å². The summed E-state index contributed by atoms with van der Waals surface area (Å²) in [5.74, 6) is 0.189. The smallest absolute Gasteiger partial charge is 0.253 e. The summed E-state index contributed by atoms with van der Waals surface area (Å²) in [7, 11) is 0. The first-order valence-electron chi connectivity index (χ1n) is 6.72. The Labute approximate surface area is 119 Å². The highest BCUT2D eigenvalue weighted by molar-refractivity contribution is 6.31. The van der Waals surface area contributed by atoms with E-state index in [1.807, 2.05) is 24.0 Å². The minimum Gasteiger partial charge on any atom is -0.393 e. The Bertz CT molecular complexity index is 453. The topological polar surface area (TPSA) is 40.5 Å². The molecule has 0 saturated carbocycles. The number of halogens is 1. The number of carbonyl (C=O) groups excluding carboxylic acids is 1. The summed E-state index contributed by atoms with van der Waals surface area (Å²) in [6.45, 7) is 5.11. The van der Waals surface area contributed by atoms with Crippen molar-refractivity contribution in [3.8, 4) is 0 Å². The van der Waals surface area contributed by atoms with E-state index in [0.29, 0.717) is 17.1 Å². The van der Waals surface area contributed by atoms with Crippen molar-refractivity contribution in [1.29, 1.82) is 0 Å². The molecule has 1 fully saturated rings. The number of aliphatic hydroxyl groups is 1. The van der Waals surface area contributed by atoms with Gasteiger partial charge in [0.1, 0.15) is 0 Å². The molecular weight excluding hydrogens is 262 g/mol. The van der Waals surface area contributed by atoms with E-state index in [1.54, 1.807) is 13.0 Å². The van der Waals surface area contributed by atoms with Crippen molar-refractivity contribution in [2.75, 3.05) is 13.1 Å². The van der Waals surface area contributed by atoms with Crippen LogP contribution in [0.25, 0.3) is 0 Å². The minimum absolute atomic E-state index is 0.0101. The molecule has 1 saturated heterocycles. The number of rotatable bonds is 2. The molecule has 0 spiro atoms. The maximum Gasteiger partial charge on any atom is 0.253 e. The van der Waals surface area contributed by atoms with Crippen LogP contribution in [0.4, 0.5) is 0 Å². The van der Waals surface area contributed by atoms with Gasteiger partial charge in [-0.1, -0.05) is 11.6 Å². The Morgan fingerprint density at radius 2 is 2.21 bits per heavy atom. The molecule has 1 amide bonds. The van der Waals surface area contributed by atoms with Crippen LogP contribution in [0.5, 0.6) is 0 Å². The molecule has 1 N–H and O–H groups in total. The number of nitrogens with zero attached hydrogens (tertiary/aromatic N) is 1. The van der Waals surface area contributed by atoms with E-state index in [9.17, 15) is 9.90 Å². The molecule has 104 valence electrons. The van der Waals surface area contributed by atoms with Crippen molar-refractivity contribution >= 4 is 17.5 Å². The zero-order valence-corrected chi connectivity index (χ0v) is 12.2. The van der Waals surface area contributed by atoms with Gasteiger partial charge >= 0.3 is 0 Å². The summed E-state index contributed by atoms with van der Waals surface area (Å²) >= 11 is 6.00. The predicted octanol–water partition coefficient (Wildman–Crippen LogP) is 2.88. The van der Waals surface area contributed by atoms with Gasteiger partial charge in [-0.15, -0.1) is 0 Å². The average molecular weight is 282 g/mol. The zero-order valence-electron chi connectivity index (χ0n) is 11.4. The van der Waals surface area contributed by atoms with Crippen LogP contribution in [0.3, 0.4) is 0 Å². The Morgan fingerprint density at radius 1 is 1.47 bits per heavy atom. The molecular formula is C15H20ClNO2. The summed E-state index contributed by atoms with van der Waals surface area (Å²) in [5, 5.41) is 10.3. The second kappa shape index (κ2) is 5.93. The van der Waals surface area contributed by atoms with E-state index in [1.165, 1.54) is 0 Å². The second-order valence-corrected chi connectivity index (χ2v) is 5.85. The average Bonchev–Trinajstić information content (AvgIpc) is 2.37. The number of piperidine rings is 1. The van der Waals surface area contributed by atoms with Crippen molar-refractivity contribution < 1.29 is 9.90 Å². The molecule has 1 aliphatic rings. The number of hydrogen-bond donors (Lipinski definition) is 1. The van der Waals surface area contributed by atoms with Crippen LogP contribution in [0, 0.1) is 12.8 Å². The Kier molecular flexibility index (Phi) is 4.48.